The van der Waals surface area contributed by atoms with Crippen LogP contribution in [0.15, 0.2) is 58.0 Å². The normalized spacial score (nSPS) is 14.1. The Kier molecular flexibility index (Phi) is 6.65. The molecule has 0 saturated heterocycles. The molecule has 1 aliphatic rings. The second-order valence-corrected chi connectivity index (χ2v) is 8.54. The second kappa shape index (κ2) is 9.63. The zero-order valence-corrected chi connectivity index (χ0v) is 19.7. The Bertz CT molecular complexity index is 1250. The summed E-state index contributed by atoms with van der Waals surface area (Å²) < 4.78 is 6.07. The van der Waals surface area contributed by atoms with Gasteiger partial charge in [-0.25, -0.2) is 5.43 Å². The summed E-state index contributed by atoms with van der Waals surface area (Å²) in [6, 6.07) is 14.5. The zero-order valence-electron chi connectivity index (χ0n) is 18.9. The molecule has 0 atom stereocenters. The molecule has 0 radical (unpaired) electrons. The summed E-state index contributed by atoms with van der Waals surface area (Å²) in [6.07, 6.45) is 2.24. The van der Waals surface area contributed by atoms with Gasteiger partial charge >= 0.3 is 0 Å². The minimum atomic E-state index is -0.342. The van der Waals surface area contributed by atoms with Crippen molar-refractivity contribution >= 4 is 34.8 Å². The van der Waals surface area contributed by atoms with Crippen LogP contribution in [0.4, 0.5) is 5.69 Å². The Morgan fingerprint density at radius 1 is 1.12 bits per heavy atom. The van der Waals surface area contributed by atoms with Gasteiger partial charge in [0.1, 0.15) is 5.76 Å². The number of benzene rings is 2. The molecule has 2 amide bonds. The van der Waals surface area contributed by atoms with Gasteiger partial charge in [-0.1, -0.05) is 29.8 Å². The highest BCUT2D eigenvalue weighted by molar-refractivity contribution is 6.31. The molecule has 0 fully saturated rings. The van der Waals surface area contributed by atoms with E-state index in [-0.39, 0.29) is 11.8 Å². The molecule has 4 rings (SSSR count). The molecular formula is C26H26ClN3O3. The van der Waals surface area contributed by atoms with E-state index in [1.54, 1.807) is 29.2 Å². The summed E-state index contributed by atoms with van der Waals surface area (Å²) in [6.45, 7) is 6.33. The third-order valence-electron chi connectivity index (χ3n) is 5.77. The van der Waals surface area contributed by atoms with Crippen molar-refractivity contribution in [1.82, 2.24) is 5.43 Å². The maximum Gasteiger partial charge on any atom is 0.294 e. The number of hydrazone groups is 1. The smallest absolute Gasteiger partial charge is 0.294 e. The first-order valence-electron chi connectivity index (χ1n) is 11.0. The highest BCUT2D eigenvalue weighted by Crippen LogP contribution is 2.31. The van der Waals surface area contributed by atoms with Crippen LogP contribution in [0, 0.1) is 13.8 Å². The van der Waals surface area contributed by atoms with E-state index >= 15 is 0 Å². The molecule has 0 saturated carbocycles. The molecule has 1 aromatic heterocycles. The number of hydrogen-bond donors (Lipinski definition) is 1. The van der Waals surface area contributed by atoms with E-state index < -0.39 is 0 Å². The topological polar surface area (TPSA) is 74.9 Å². The standard InChI is InChI=1S/C26H26ClN3O3/c1-4-30(20-11-5-8-16(2)14-20)26(32)24-17(3)23-21(12-7-13-22(23)33-24)28-29-25(31)18-9-6-10-19(27)15-18/h5-6,8-11,14-15H,4,7,12-13H2,1-3H3,(H,29,31)/b28-21+. The van der Waals surface area contributed by atoms with Gasteiger partial charge in [-0.15, -0.1) is 0 Å². The number of amides is 2. The Morgan fingerprint density at radius 3 is 2.64 bits per heavy atom. The van der Waals surface area contributed by atoms with E-state index in [0.717, 1.165) is 41.0 Å². The molecule has 3 aromatic rings. The van der Waals surface area contributed by atoms with Crippen LogP contribution in [0.1, 0.15) is 63.1 Å². The van der Waals surface area contributed by atoms with Crippen molar-refractivity contribution in [2.24, 2.45) is 5.10 Å². The van der Waals surface area contributed by atoms with E-state index in [2.05, 4.69) is 10.5 Å². The fourth-order valence-corrected chi connectivity index (χ4v) is 4.35. The Balaban J connectivity index is 1.62. The number of aryl methyl sites for hydroxylation is 2. The predicted octanol–water partition coefficient (Wildman–Crippen LogP) is 5.69. The first kappa shape index (κ1) is 22.8. The quantitative estimate of drug-likeness (QED) is 0.494. The van der Waals surface area contributed by atoms with Gasteiger partial charge in [0.15, 0.2) is 5.76 Å². The predicted molar refractivity (Wildman–Crippen MR) is 130 cm³/mol. The lowest BCUT2D eigenvalue weighted by Gasteiger charge is -2.20. The molecule has 0 spiro atoms. The number of anilines is 1. The Morgan fingerprint density at radius 2 is 1.91 bits per heavy atom. The van der Waals surface area contributed by atoms with Crippen LogP contribution < -0.4 is 10.3 Å². The summed E-state index contributed by atoms with van der Waals surface area (Å²) >= 11 is 5.98. The highest BCUT2D eigenvalue weighted by atomic mass is 35.5. The van der Waals surface area contributed by atoms with Crippen LogP contribution in [0.5, 0.6) is 0 Å². The average molecular weight is 464 g/mol. The van der Waals surface area contributed by atoms with E-state index in [1.165, 1.54) is 0 Å². The first-order chi connectivity index (χ1) is 15.9. The molecule has 0 bridgehead atoms. The van der Waals surface area contributed by atoms with Crippen molar-refractivity contribution in [3.05, 3.63) is 87.3 Å². The molecule has 1 heterocycles. The number of carbonyl (C=O) groups is 2. The van der Waals surface area contributed by atoms with Gasteiger partial charge < -0.3 is 9.32 Å². The van der Waals surface area contributed by atoms with E-state index in [1.807, 2.05) is 45.0 Å². The monoisotopic (exact) mass is 463 g/mol. The zero-order chi connectivity index (χ0) is 23.5. The maximum absolute atomic E-state index is 13.4. The molecule has 0 unspecified atom stereocenters. The Labute approximate surface area is 198 Å². The summed E-state index contributed by atoms with van der Waals surface area (Å²) in [5.41, 5.74) is 7.24. The number of fused-ring (bicyclic) bond motifs is 1. The van der Waals surface area contributed by atoms with Crippen LogP contribution >= 0.6 is 11.6 Å². The van der Waals surface area contributed by atoms with Crippen molar-refractivity contribution in [1.29, 1.82) is 0 Å². The summed E-state index contributed by atoms with van der Waals surface area (Å²) in [4.78, 5) is 27.6. The molecule has 1 N–H and O–H groups in total. The number of nitrogens with zero attached hydrogens (tertiary/aromatic N) is 2. The minimum absolute atomic E-state index is 0.183. The third kappa shape index (κ3) is 4.71. The molecule has 33 heavy (non-hydrogen) atoms. The van der Waals surface area contributed by atoms with E-state index in [0.29, 0.717) is 35.0 Å². The van der Waals surface area contributed by atoms with Crippen LogP contribution in [0.3, 0.4) is 0 Å². The van der Waals surface area contributed by atoms with Gasteiger partial charge in [-0.3, -0.25) is 9.59 Å². The fourth-order valence-electron chi connectivity index (χ4n) is 4.16. The number of nitrogens with one attached hydrogen (secondary N) is 1. The fraction of sp³-hybridized carbons (Fsp3) is 0.269. The van der Waals surface area contributed by atoms with Gasteiger partial charge in [0.2, 0.25) is 0 Å². The number of carbonyl (C=O) groups excluding carboxylic acids is 2. The van der Waals surface area contributed by atoms with Crippen molar-refractivity contribution in [2.75, 3.05) is 11.4 Å². The van der Waals surface area contributed by atoms with Gasteiger partial charge in [0.05, 0.1) is 5.71 Å². The molecule has 6 nitrogen and oxygen atoms in total. The summed E-state index contributed by atoms with van der Waals surface area (Å²) in [7, 11) is 0. The van der Waals surface area contributed by atoms with Crippen molar-refractivity contribution in [3.8, 4) is 0 Å². The molecule has 1 aliphatic carbocycles. The van der Waals surface area contributed by atoms with Crippen molar-refractivity contribution < 1.29 is 14.0 Å². The van der Waals surface area contributed by atoms with Crippen LogP contribution in [-0.4, -0.2) is 24.1 Å². The lowest BCUT2D eigenvalue weighted by Crippen LogP contribution is -2.31. The van der Waals surface area contributed by atoms with Crippen molar-refractivity contribution in [3.63, 3.8) is 0 Å². The SMILES string of the molecule is CCN(C(=O)c1oc2c(c1C)/C(=N/NC(=O)c1cccc(Cl)c1)CCC2)c1cccc(C)c1. The summed E-state index contributed by atoms with van der Waals surface area (Å²) in [5.74, 6) is 0.528. The lowest BCUT2D eigenvalue weighted by molar-refractivity contribution is 0.0949. The third-order valence-corrected chi connectivity index (χ3v) is 6.01. The molecule has 7 heteroatoms. The second-order valence-electron chi connectivity index (χ2n) is 8.11. The molecular weight excluding hydrogens is 438 g/mol. The molecule has 2 aromatic carbocycles. The summed E-state index contributed by atoms with van der Waals surface area (Å²) in [5, 5.41) is 4.87. The molecule has 170 valence electrons. The van der Waals surface area contributed by atoms with Crippen molar-refractivity contribution in [2.45, 2.75) is 40.0 Å². The number of rotatable bonds is 5. The largest absolute Gasteiger partial charge is 0.455 e. The Hall–Kier alpha value is -3.38. The van der Waals surface area contributed by atoms with E-state index in [4.69, 9.17) is 16.0 Å². The van der Waals surface area contributed by atoms with Crippen LogP contribution in [0.2, 0.25) is 5.02 Å². The maximum atomic E-state index is 13.4. The lowest BCUT2D eigenvalue weighted by atomic mass is 9.93. The minimum Gasteiger partial charge on any atom is -0.455 e. The van der Waals surface area contributed by atoms with Gasteiger partial charge in [0, 0.05) is 40.4 Å². The number of hydrogen-bond acceptors (Lipinski definition) is 4. The van der Waals surface area contributed by atoms with E-state index in [9.17, 15) is 9.59 Å². The van der Waals surface area contributed by atoms with Gasteiger partial charge in [-0.05, 0) is 69.5 Å². The van der Waals surface area contributed by atoms with Gasteiger partial charge in [0.25, 0.3) is 11.8 Å². The first-order valence-corrected chi connectivity index (χ1v) is 11.4. The average Bonchev–Trinajstić information content (AvgIpc) is 3.15. The van der Waals surface area contributed by atoms with Gasteiger partial charge in [-0.2, -0.15) is 5.10 Å². The molecule has 0 aliphatic heterocycles. The van der Waals surface area contributed by atoms with Crippen LogP contribution in [0.25, 0.3) is 0 Å². The number of furan rings is 1. The highest BCUT2D eigenvalue weighted by Gasteiger charge is 2.30. The van der Waals surface area contributed by atoms with Crippen LogP contribution in [-0.2, 0) is 6.42 Å². The number of halogens is 1.